The van der Waals surface area contributed by atoms with Crippen molar-refractivity contribution in [3.05, 3.63) is 41.6 Å². The zero-order chi connectivity index (χ0) is 21.2. The molecule has 2 aliphatic heterocycles. The van der Waals surface area contributed by atoms with E-state index in [0.717, 1.165) is 62.4 Å². The topological polar surface area (TPSA) is 68.0 Å². The number of carbonyl (C=O) groups excluding carboxylic acids is 1. The molecule has 2 fully saturated rings. The number of nitrogens with zero attached hydrogens (tertiary/aromatic N) is 3. The molecule has 4 heterocycles. The lowest BCUT2D eigenvalue weighted by molar-refractivity contribution is 0.0412. The molecule has 7 nitrogen and oxygen atoms in total. The summed E-state index contributed by atoms with van der Waals surface area (Å²) in [7, 11) is 1.61. The van der Waals surface area contributed by atoms with Gasteiger partial charge in [0.05, 0.1) is 7.11 Å². The molecular formula is C23H27N3O4S. The van der Waals surface area contributed by atoms with E-state index in [2.05, 4.69) is 9.88 Å². The second-order valence-corrected chi connectivity index (χ2v) is 9.02. The number of methoxy groups -OCH3 is 1. The molecule has 31 heavy (non-hydrogen) atoms. The van der Waals surface area contributed by atoms with Crippen LogP contribution in [0.25, 0.3) is 11.0 Å². The van der Waals surface area contributed by atoms with Crippen LogP contribution in [0.2, 0.25) is 0 Å². The Bertz CT molecular complexity index is 1020. The van der Waals surface area contributed by atoms with Crippen molar-refractivity contribution in [1.82, 2.24) is 14.8 Å². The summed E-state index contributed by atoms with van der Waals surface area (Å²) in [6.07, 6.45) is 6.08. The first kappa shape index (κ1) is 20.3. The zero-order valence-corrected chi connectivity index (χ0v) is 18.5. The molecule has 0 aliphatic carbocycles. The van der Waals surface area contributed by atoms with Crippen molar-refractivity contribution in [2.24, 2.45) is 0 Å². The standard InChI is InChI=1S/C23H27N3O4S/c1-28-19-4-2-3-16-15-20(30-21(16)19)22(27)26-10-5-17(6-11-26)25-12-7-18(8-13-25)29-23-24-9-14-31-23/h2-4,9,14-15,17-18H,5-8,10-13H2,1H3. The Morgan fingerprint density at radius 2 is 1.97 bits per heavy atom. The molecule has 0 radical (unpaired) electrons. The molecule has 0 unspecified atom stereocenters. The van der Waals surface area contributed by atoms with E-state index < -0.39 is 0 Å². The fraction of sp³-hybridized carbons (Fsp3) is 0.478. The third-order valence-corrected chi connectivity index (χ3v) is 7.02. The summed E-state index contributed by atoms with van der Waals surface area (Å²) < 4.78 is 17.2. The second kappa shape index (κ2) is 8.88. The molecule has 0 saturated carbocycles. The van der Waals surface area contributed by atoms with Gasteiger partial charge in [-0.2, -0.15) is 0 Å². The predicted octanol–water partition coefficient (Wildman–Crippen LogP) is 4.05. The third kappa shape index (κ3) is 4.27. The summed E-state index contributed by atoms with van der Waals surface area (Å²) in [5.41, 5.74) is 0.631. The Morgan fingerprint density at radius 3 is 2.68 bits per heavy atom. The van der Waals surface area contributed by atoms with Gasteiger partial charge in [0.15, 0.2) is 17.1 Å². The van der Waals surface area contributed by atoms with Gasteiger partial charge in [0.25, 0.3) is 11.1 Å². The zero-order valence-electron chi connectivity index (χ0n) is 17.7. The van der Waals surface area contributed by atoms with E-state index in [9.17, 15) is 4.79 Å². The molecule has 3 aromatic rings. The SMILES string of the molecule is COc1cccc2cc(C(=O)N3CCC(N4CCC(Oc5nccs5)CC4)CC3)oc12. The molecule has 1 aromatic carbocycles. The number of likely N-dealkylation sites (tertiary alicyclic amines) is 2. The van der Waals surface area contributed by atoms with Crippen LogP contribution >= 0.6 is 11.3 Å². The van der Waals surface area contributed by atoms with E-state index in [0.29, 0.717) is 23.1 Å². The van der Waals surface area contributed by atoms with Gasteiger partial charge in [-0.1, -0.05) is 23.5 Å². The van der Waals surface area contributed by atoms with Gasteiger partial charge < -0.3 is 18.8 Å². The maximum atomic E-state index is 13.0. The molecule has 5 rings (SSSR count). The van der Waals surface area contributed by atoms with Crippen LogP contribution in [0, 0.1) is 0 Å². The van der Waals surface area contributed by atoms with Crippen LogP contribution < -0.4 is 9.47 Å². The van der Waals surface area contributed by atoms with Crippen molar-refractivity contribution in [2.45, 2.75) is 37.8 Å². The van der Waals surface area contributed by atoms with Crippen LogP contribution in [0.5, 0.6) is 10.9 Å². The van der Waals surface area contributed by atoms with Gasteiger partial charge in [0, 0.05) is 49.2 Å². The molecule has 0 N–H and O–H groups in total. The highest BCUT2D eigenvalue weighted by atomic mass is 32.1. The van der Waals surface area contributed by atoms with Crippen LogP contribution in [-0.4, -0.2) is 66.1 Å². The average molecular weight is 442 g/mol. The van der Waals surface area contributed by atoms with Crippen molar-refractivity contribution in [3.8, 4) is 10.9 Å². The Morgan fingerprint density at radius 1 is 1.16 bits per heavy atom. The minimum absolute atomic E-state index is 0.0349. The van der Waals surface area contributed by atoms with E-state index in [4.69, 9.17) is 13.9 Å². The minimum atomic E-state index is -0.0349. The lowest BCUT2D eigenvalue weighted by atomic mass is 9.98. The smallest absolute Gasteiger partial charge is 0.289 e. The van der Waals surface area contributed by atoms with E-state index in [1.807, 2.05) is 34.5 Å². The largest absolute Gasteiger partial charge is 0.493 e. The Hall–Kier alpha value is -2.58. The first-order chi connectivity index (χ1) is 15.2. The highest BCUT2D eigenvalue weighted by Crippen LogP contribution is 2.30. The molecule has 2 saturated heterocycles. The summed E-state index contributed by atoms with van der Waals surface area (Å²) >= 11 is 1.55. The second-order valence-electron chi connectivity index (χ2n) is 8.16. The van der Waals surface area contributed by atoms with Gasteiger partial charge in [-0.05, 0) is 37.8 Å². The van der Waals surface area contributed by atoms with Crippen LogP contribution in [0.15, 0.2) is 40.3 Å². The number of piperidine rings is 2. The number of aromatic nitrogens is 1. The Kier molecular flexibility index (Phi) is 5.82. The molecule has 164 valence electrons. The summed E-state index contributed by atoms with van der Waals surface area (Å²) in [6.45, 7) is 3.59. The number of carbonyl (C=O) groups is 1. The highest BCUT2D eigenvalue weighted by molar-refractivity contribution is 7.11. The van der Waals surface area contributed by atoms with Gasteiger partial charge in [-0.25, -0.2) is 4.98 Å². The first-order valence-corrected chi connectivity index (χ1v) is 11.8. The summed E-state index contributed by atoms with van der Waals surface area (Å²) in [5, 5.41) is 3.61. The van der Waals surface area contributed by atoms with Crippen LogP contribution in [0.1, 0.15) is 36.2 Å². The lowest BCUT2D eigenvalue weighted by Crippen LogP contribution is -2.50. The van der Waals surface area contributed by atoms with Crippen molar-refractivity contribution in [3.63, 3.8) is 0 Å². The number of amides is 1. The van der Waals surface area contributed by atoms with Crippen molar-refractivity contribution in [2.75, 3.05) is 33.3 Å². The van der Waals surface area contributed by atoms with E-state index >= 15 is 0 Å². The van der Waals surface area contributed by atoms with Crippen LogP contribution in [-0.2, 0) is 0 Å². The highest BCUT2D eigenvalue weighted by Gasteiger charge is 2.31. The summed E-state index contributed by atoms with van der Waals surface area (Å²) in [6, 6.07) is 8.03. The monoisotopic (exact) mass is 441 g/mol. The normalized spacial score (nSPS) is 19.1. The van der Waals surface area contributed by atoms with E-state index in [1.54, 1.807) is 24.6 Å². The number of ether oxygens (including phenoxy) is 2. The summed E-state index contributed by atoms with van der Waals surface area (Å²) in [4.78, 5) is 21.7. The third-order valence-electron chi connectivity index (χ3n) is 6.36. The maximum Gasteiger partial charge on any atom is 0.289 e. The van der Waals surface area contributed by atoms with Gasteiger partial charge >= 0.3 is 0 Å². The van der Waals surface area contributed by atoms with Crippen LogP contribution in [0.4, 0.5) is 0 Å². The number of hydrogen-bond acceptors (Lipinski definition) is 7. The number of furan rings is 1. The Labute approximate surface area is 185 Å². The van der Waals surface area contributed by atoms with Crippen molar-refractivity contribution < 1.29 is 18.7 Å². The molecule has 0 atom stereocenters. The number of para-hydroxylation sites is 1. The van der Waals surface area contributed by atoms with E-state index in [-0.39, 0.29) is 12.0 Å². The minimum Gasteiger partial charge on any atom is -0.493 e. The molecule has 2 aliphatic rings. The molecular weight excluding hydrogens is 414 g/mol. The molecule has 0 spiro atoms. The van der Waals surface area contributed by atoms with Crippen molar-refractivity contribution >= 4 is 28.2 Å². The number of fused-ring (bicyclic) bond motifs is 1. The number of hydrogen-bond donors (Lipinski definition) is 0. The molecule has 8 heteroatoms. The van der Waals surface area contributed by atoms with E-state index in [1.165, 1.54) is 0 Å². The van der Waals surface area contributed by atoms with Gasteiger partial charge in [0.1, 0.15) is 6.10 Å². The molecule has 0 bridgehead atoms. The van der Waals surface area contributed by atoms with Gasteiger partial charge in [-0.3, -0.25) is 9.69 Å². The lowest BCUT2D eigenvalue weighted by Gasteiger charge is -2.41. The fourth-order valence-electron chi connectivity index (χ4n) is 4.66. The predicted molar refractivity (Wildman–Crippen MR) is 119 cm³/mol. The molecule has 1 amide bonds. The van der Waals surface area contributed by atoms with Gasteiger partial charge in [0.2, 0.25) is 0 Å². The van der Waals surface area contributed by atoms with Crippen molar-refractivity contribution in [1.29, 1.82) is 0 Å². The maximum absolute atomic E-state index is 13.0. The number of rotatable bonds is 5. The quantitative estimate of drug-likeness (QED) is 0.595. The fourth-order valence-corrected chi connectivity index (χ4v) is 5.21. The summed E-state index contributed by atoms with van der Waals surface area (Å²) in [5.74, 6) is 1.00. The number of thiazole rings is 1. The van der Waals surface area contributed by atoms with Crippen LogP contribution in [0.3, 0.4) is 0 Å². The van der Waals surface area contributed by atoms with Gasteiger partial charge in [-0.15, -0.1) is 0 Å². The molecule has 2 aromatic heterocycles. The number of benzene rings is 1. The first-order valence-electron chi connectivity index (χ1n) is 10.9. The average Bonchev–Trinajstić information content (AvgIpc) is 3.49. The Balaban J connectivity index is 1.14.